The van der Waals surface area contributed by atoms with E-state index in [9.17, 15) is 0 Å². The number of nitrogens with two attached hydrogens (primary N) is 1. The van der Waals surface area contributed by atoms with Gasteiger partial charge in [0.15, 0.2) is 0 Å². The summed E-state index contributed by atoms with van der Waals surface area (Å²) in [4.78, 5) is 6.06. The Morgan fingerprint density at radius 1 is 1.47 bits per heavy atom. The highest BCUT2D eigenvalue weighted by Crippen LogP contribution is 2.43. The summed E-state index contributed by atoms with van der Waals surface area (Å²) >= 11 is 1.75. The van der Waals surface area contributed by atoms with E-state index in [4.69, 9.17) is 15.5 Å². The molecule has 1 aromatic rings. The molecule has 1 unspecified atom stereocenters. The maximum atomic E-state index is 5.81. The molecule has 4 heteroatoms. The summed E-state index contributed by atoms with van der Waals surface area (Å²) in [6.07, 6.45) is 4.91. The molecule has 3 nitrogen and oxygen atoms in total. The van der Waals surface area contributed by atoms with E-state index in [-0.39, 0.29) is 6.10 Å². The molecule has 1 saturated carbocycles. The Morgan fingerprint density at radius 3 is 2.76 bits per heavy atom. The number of rotatable bonds is 7. The highest BCUT2D eigenvalue weighted by atomic mass is 32.1. The Hall–Kier alpha value is -0.450. The number of thiazole rings is 1. The van der Waals surface area contributed by atoms with Crippen LogP contribution in [0.3, 0.4) is 0 Å². The highest BCUT2D eigenvalue weighted by Gasteiger charge is 2.30. The first-order valence-electron chi connectivity index (χ1n) is 6.61. The lowest BCUT2D eigenvalue weighted by atomic mass is 10.2. The van der Waals surface area contributed by atoms with Gasteiger partial charge in [-0.2, -0.15) is 0 Å². The summed E-state index contributed by atoms with van der Waals surface area (Å²) in [6, 6.07) is 0. The molecule has 0 bridgehead atoms. The van der Waals surface area contributed by atoms with Crippen molar-refractivity contribution in [1.82, 2.24) is 4.98 Å². The highest BCUT2D eigenvalue weighted by molar-refractivity contribution is 7.11. The summed E-state index contributed by atoms with van der Waals surface area (Å²) in [5.41, 5.74) is 7.06. The standard InChI is InChI=1S/C13H22N2OS/c1-3-5-10(16-4-2)13-15-12(9-6-7-9)11(8-14)17-13/h9-10H,3-8,14H2,1-2H3. The van der Waals surface area contributed by atoms with Crippen molar-refractivity contribution in [2.24, 2.45) is 5.73 Å². The minimum absolute atomic E-state index is 0.174. The van der Waals surface area contributed by atoms with Crippen molar-refractivity contribution in [3.05, 3.63) is 15.6 Å². The second-order valence-corrected chi connectivity index (χ2v) is 5.69. The first-order chi connectivity index (χ1) is 8.30. The summed E-state index contributed by atoms with van der Waals surface area (Å²) in [5.74, 6) is 0.683. The quantitative estimate of drug-likeness (QED) is 0.811. The van der Waals surface area contributed by atoms with Gasteiger partial charge in [-0.25, -0.2) is 4.98 Å². The molecule has 1 aromatic heterocycles. The van der Waals surface area contributed by atoms with Crippen LogP contribution in [0.4, 0.5) is 0 Å². The molecule has 2 rings (SSSR count). The van der Waals surface area contributed by atoms with E-state index < -0.39 is 0 Å². The number of hydrogen-bond acceptors (Lipinski definition) is 4. The van der Waals surface area contributed by atoms with Gasteiger partial charge in [0.25, 0.3) is 0 Å². The molecule has 1 aliphatic carbocycles. The van der Waals surface area contributed by atoms with E-state index in [0.29, 0.717) is 12.5 Å². The molecule has 0 spiro atoms. The first kappa shape index (κ1) is 13.0. The summed E-state index contributed by atoms with van der Waals surface area (Å²) in [7, 11) is 0. The largest absolute Gasteiger partial charge is 0.371 e. The predicted molar refractivity (Wildman–Crippen MR) is 71.3 cm³/mol. The predicted octanol–water partition coefficient (Wildman–Crippen LogP) is 3.36. The third-order valence-corrected chi connectivity index (χ3v) is 4.27. The maximum absolute atomic E-state index is 5.81. The van der Waals surface area contributed by atoms with Gasteiger partial charge in [0.1, 0.15) is 11.1 Å². The zero-order valence-corrected chi connectivity index (χ0v) is 11.6. The van der Waals surface area contributed by atoms with Crippen molar-refractivity contribution >= 4 is 11.3 Å². The first-order valence-corrected chi connectivity index (χ1v) is 7.42. The van der Waals surface area contributed by atoms with Crippen LogP contribution >= 0.6 is 11.3 Å². The maximum Gasteiger partial charge on any atom is 0.122 e. The van der Waals surface area contributed by atoms with Gasteiger partial charge in [0, 0.05) is 23.9 Å². The topological polar surface area (TPSA) is 48.1 Å². The molecule has 0 radical (unpaired) electrons. The summed E-state index contributed by atoms with van der Waals surface area (Å²) < 4.78 is 5.79. The van der Waals surface area contributed by atoms with Gasteiger partial charge < -0.3 is 10.5 Å². The molecule has 17 heavy (non-hydrogen) atoms. The van der Waals surface area contributed by atoms with Crippen LogP contribution < -0.4 is 5.73 Å². The fourth-order valence-electron chi connectivity index (χ4n) is 2.08. The van der Waals surface area contributed by atoms with Gasteiger partial charge in [-0.15, -0.1) is 11.3 Å². The molecule has 96 valence electrons. The molecule has 0 saturated heterocycles. The van der Waals surface area contributed by atoms with Crippen LogP contribution in [0.2, 0.25) is 0 Å². The van der Waals surface area contributed by atoms with Crippen molar-refractivity contribution < 1.29 is 4.74 Å². The van der Waals surface area contributed by atoms with E-state index in [1.165, 1.54) is 23.4 Å². The molecule has 2 N–H and O–H groups in total. The van der Waals surface area contributed by atoms with Crippen LogP contribution in [0.15, 0.2) is 0 Å². The lowest BCUT2D eigenvalue weighted by Gasteiger charge is -2.12. The van der Waals surface area contributed by atoms with Crippen molar-refractivity contribution in [2.75, 3.05) is 6.61 Å². The van der Waals surface area contributed by atoms with Gasteiger partial charge in [0.05, 0.1) is 5.69 Å². The monoisotopic (exact) mass is 254 g/mol. The minimum Gasteiger partial charge on any atom is -0.371 e. The fourth-order valence-corrected chi connectivity index (χ4v) is 3.20. The van der Waals surface area contributed by atoms with Crippen LogP contribution in [0, 0.1) is 0 Å². The normalized spacial score (nSPS) is 17.4. The van der Waals surface area contributed by atoms with Crippen LogP contribution in [-0.2, 0) is 11.3 Å². The van der Waals surface area contributed by atoms with Gasteiger partial charge in [-0.05, 0) is 26.2 Å². The Kier molecular flexibility index (Phi) is 4.54. The van der Waals surface area contributed by atoms with Crippen molar-refractivity contribution in [3.8, 4) is 0 Å². The average Bonchev–Trinajstić information content (AvgIpc) is 3.08. The average molecular weight is 254 g/mol. The number of aromatic nitrogens is 1. The minimum atomic E-state index is 0.174. The van der Waals surface area contributed by atoms with Crippen molar-refractivity contribution in [1.29, 1.82) is 0 Å². The summed E-state index contributed by atoms with van der Waals surface area (Å²) in [5, 5.41) is 1.14. The Balaban J connectivity index is 2.17. The van der Waals surface area contributed by atoms with Crippen molar-refractivity contribution in [3.63, 3.8) is 0 Å². The Bertz CT molecular complexity index is 354. The van der Waals surface area contributed by atoms with Crippen LogP contribution in [0.5, 0.6) is 0 Å². The van der Waals surface area contributed by atoms with E-state index in [1.807, 2.05) is 6.92 Å². The van der Waals surface area contributed by atoms with E-state index in [2.05, 4.69) is 6.92 Å². The molecule has 0 amide bonds. The number of hydrogen-bond donors (Lipinski definition) is 1. The molecular weight excluding hydrogens is 232 g/mol. The van der Waals surface area contributed by atoms with Crippen LogP contribution in [-0.4, -0.2) is 11.6 Å². The van der Waals surface area contributed by atoms with Gasteiger partial charge >= 0.3 is 0 Å². The molecule has 1 heterocycles. The van der Waals surface area contributed by atoms with Gasteiger partial charge in [0.2, 0.25) is 0 Å². The SMILES string of the molecule is CCCC(OCC)c1nc(C2CC2)c(CN)s1. The molecule has 0 aliphatic heterocycles. The van der Waals surface area contributed by atoms with E-state index >= 15 is 0 Å². The smallest absolute Gasteiger partial charge is 0.122 e. The lowest BCUT2D eigenvalue weighted by molar-refractivity contribution is 0.0554. The molecule has 0 aromatic carbocycles. The second-order valence-electron chi connectivity index (χ2n) is 4.57. The van der Waals surface area contributed by atoms with Crippen molar-refractivity contribution in [2.45, 2.75) is 58.1 Å². The van der Waals surface area contributed by atoms with Gasteiger partial charge in [-0.1, -0.05) is 13.3 Å². The van der Waals surface area contributed by atoms with Crippen LogP contribution in [0.1, 0.15) is 67.1 Å². The van der Waals surface area contributed by atoms with E-state index in [1.54, 1.807) is 11.3 Å². The van der Waals surface area contributed by atoms with Crippen LogP contribution in [0.25, 0.3) is 0 Å². The second kappa shape index (κ2) is 5.94. The lowest BCUT2D eigenvalue weighted by Crippen LogP contribution is -2.03. The molecule has 1 fully saturated rings. The van der Waals surface area contributed by atoms with Gasteiger partial charge in [-0.3, -0.25) is 0 Å². The Morgan fingerprint density at radius 2 is 2.24 bits per heavy atom. The zero-order chi connectivity index (χ0) is 12.3. The molecule has 1 aliphatic rings. The Labute approximate surface area is 107 Å². The van der Waals surface area contributed by atoms with E-state index in [0.717, 1.165) is 24.5 Å². The summed E-state index contributed by atoms with van der Waals surface area (Å²) in [6.45, 7) is 5.60. The third-order valence-electron chi connectivity index (χ3n) is 3.09. The molecule has 1 atom stereocenters. The number of nitrogens with zero attached hydrogens (tertiary/aromatic N) is 1. The fraction of sp³-hybridized carbons (Fsp3) is 0.769. The third kappa shape index (κ3) is 3.06. The molecular formula is C13H22N2OS. The number of ether oxygens (including phenoxy) is 1. The zero-order valence-electron chi connectivity index (χ0n) is 10.7.